The van der Waals surface area contributed by atoms with Crippen molar-refractivity contribution in [2.24, 2.45) is 0 Å². The Morgan fingerprint density at radius 2 is 2.19 bits per heavy atom. The lowest BCUT2D eigenvalue weighted by Crippen LogP contribution is -2.25. The number of pyridine rings is 1. The SMILES string of the molecule is COc1c2c(nc3ccccc13)CCNC2. The summed E-state index contributed by atoms with van der Waals surface area (Å²) >= 11 is 0. The van der Waals surface area contributed by atoms with Crippen molar-refractivity contribution in [2.45, 2.75) is 13.0 Å². The van der Waals surface area contributed by atoms with Crippen LogP contribution >= 0.6 is 0 Å². The number of methoxy groups -OCH3 is 1. The van der Waals surface area contributed by atoms with Crippen LogP contribution in [0.1, 0.15) is 11.3 Å². The lowest BCUT2D eigenvalue weighted by atomic mass is 10.0. The third-order valence-corrected chi connectivity index (χ3v) is 3.07. The fourth-order valence-corrected chi connectivity index (χ4v) is 2.31. The summed E-state index contributed by atoms with van der Waals surface area (Å²) in [5.74, 6) is 0.979. The summed E-state index contributed by atoms with van der Waals surface area (Å²) in [6.45, 7) is 1.86. The number of nitrogens with one attached hydrogen (secondary N) is 1. The van der Waals surface area contributed by atoms with Crippen LogP contribution in [0.25, 0.3) is 10.9 Å². The Hall–Kier alpha value is -1.61. The maximum absolute atomic E-state index is 5.55. The van der Waals surface area contributed by atoms with Gasteiger partial charge in [0.05, 0.1) is 18.3 Å². The predicted octanol–water partition coefficient (Wildman–Crippen LogP) is 1.89. The minimum atomic E-state index is 0.857. The van der Waals surface area contributed by atoms with E-state index in [0.29, 0.717) is 0 Å². The Morgan fingerprint density at radius 1 is 1.31 bits per heavy atom. The normalized spacial score (nSPS) is 14.8. The molecule has 0 saturated heterocycles. The van der Waals surface area contributed by atoms with Gasteiger partial charge in [-0.3, -0.25) is 4.98 Å². The third kappa shape index (κ3) is 1.36. The number of rotatable bonds is 1. The molecule has 0 radical (unpaired) electrons. The molecule has 1 aliphatic rings. The number of para-hydroxylation sites is 1. The molecule has 0 fully saturated rings. The highest BCUT2D eigenvalue weighted by molar-refractivity contribution is 5.86. The van der Waals surface area contributed by atoms with Crippen molar-refractivity contribution in [1.82, 2.24) is 10.3 Å². The molecule has 16 heavy (non-hydrogen) atoms. The van der Waals surface area contributed by atoms with Crippen molar-refractivity contribution in [3.8, 4) is 5.75 Å². The zero-order chi connectivity index (χ0) is 11.0. The van der Waals surface area contributed by atoms with Crippen LogP contribution in [0.4, 0.5) is 0 Å². The van der Waals surface area contributed by atoms with Crippen LogP contribution < -0.4 is 10.1 Å². The van der Waals surface area contributed by atoms with Gasteiger partial charge in [0.2, 0.25) is 0 Å². The Kier molecular flexibility index (Phi) is 2.26. The van der Waals surface area contributed by atoms with Crippen LogP contribution in [0.5, 0.6) is 5.75 Å². The highest BCUT2D eigenvalue weighted by atomic mass is 16.5. The summed E-state index contributed by atoms with van der Waals surface area (Å²) in [5.41, 5.74) is 3.42. The summed E-state index contributed by atoms with van der Waals surface area (Å²) in [5, 5.41) is 4.46. The van der Waals surface area contributed by atoms with Crippen LogP contribution in [0.3, 0.4) is 0 Å². The molecule has 0 spiro atoms. The molecule has 0 amide bonds. The van der Waals surface area contributed by atoms with Crippen LogP contribution in [-0.2, 0) is 13.0 Å². The summed E-state index contributed by atoms with van der Waals surface area (Å²) in [6.07, 6.45) is 0.983. The second-order valence-corrected chi connectivity index (χ2v) is 4.01. The van der Waals surface area contributed by atoms with E-state index in [9.17, 15) is 0 Å². The highest BCUT2D eigenvalue weighted by Gasteiger charge is 2.17. The number of hydrogen-bond acceptors (Lipinski definition) is 3. The first kappa shape index (κ1) is 9.60. The van der Waals surface area contributed by atoms with Gasteiger partial charge in [0, 0.05) is 30.5 Å². The van der Waals surface area contributed by atoms with Crippen LogP contribution in [0.2, 0.25) is 0 Å². The quantitative estimate of drug-likeness (QED) is 0.787. The van der Waals surface area contributed by atoms with E-state index in [0.717, 1.165) is 36.2 Å². The van der Waals surface area contributed by atoms with E-state index in [4.69, 9.17) is 9.72 Å². The van der Waals surface area contributed by atoms with Crippen LogP contribution in [0.15, 0.2) is 24.3 Å². The van der Waals surface area contributed by atoms with E-state index < -0.39 is 0 Å². The van der Waals surface area contributed by atoms with Gasteiger partial charge in [0.15, 0.2) is 0 Å². The van der Waals surface area contributed by atoms with E-state index in [1.807, 2.05) is 18.2 Å². The van der Waals surface area contributed by atoms with Crippen molar-refractivity contribution >= 4 is 10.9 Å². The minimum absolute atomic E-state index is 0.857. The van der Waals surface area contributed by atoms with E-state index in [1.54, 1.807) is 7.11 Å². The predicted molar refractivity (Wildman–Crippen MR) is 63.7 cm³/mol. The first-order valence-electron chi connectivity index (χ1n) is 5.55. The standard InChI is InChI=1S/C13H14N2O/c1-16-13-9-4-2-3-5-11(9)15-12-6-7-14-8-10(12)13/h2-5,14H,6-8H2,1H3. The molecular weight excluding hydrogens is 200 g/mol. The molecule has 0 unspecified atom stereocenters. The van der Waals surface area contributed by atoms with Gasteiger partial charge in [-0.05, 0) is 12.1 Å². The van der Waals surface area contributed by atoms with Gasteiger partial charge >= 0.3 is 0 Å². The molecule has 3 heteroatoms. The molecule has 1 aliphatic heterocycles. The van der Waals surface area contributed by atoms with Crippen molar-refractivity contribution in [3.05, 3.63) is 35.5 Å². The number of hydrogen-bond donors (Lipinski definition) is 1. The summed E-state index contributed by atoms with van der Waals surface area (Å²) in [6, 6.07) is 8.15. The van der Waals surface area contributed by atoms with E-state index in [1.165, 1.54) is 11.3 Å². The van der Waals surface area contributed by atoms with Crippen molar-refractivity contribution in [2.75, 3.05) is 13.7 Å². The molecule has 0 bridgehead atoms. The molecule has 1 aromatic carbocycles. The van der Waals surface area contributed by atoms with Crippen LogP contribution in [-0.4, -0.2) is 18.6 Å². The molecule has 1 aromatic heterocycles. The molecule has 0 aliphatic carbocycles. The number of fused-ring (bicyclic) bond motifs is 2. The number of nitrogens with zero attached hydrogens (tertiary/aromatic N) is 1. The second kappa shape index (κ2) is 3.76. The highest BCUT2D eigenvalue weighted by Crippen LogP contribution is 2.31. The zero-order valence-electron chi connectivity index (χ0n) is 9.29. The van der Waals surface area contributed by atoms with E-state index in [-0.39, 0.29) is 0 Å². The number of benzene rings is 1. The largest absolute Gasteiger partial charge is 0.496 e. The maximum atomic E-state index is 5.55. The van der Waals surface area contributed by atoms with Crippen molar-refractivity contribution in [1.29, 1.82) is 0 Å². The summed E-state index contributed by atoms with van der Waals surface area (Å²) in [7, 11) is 1.73. The monoisotopic (exact) mass is 214 g/mol. The zero-order valence-corrected chi connectivity index (χ0v) is 9.29. The summed E-state index contributed by atoms with van der Waals surface area (Å²) in [4.78, 5) is 4.70. The van der Waals surface area contributed by atoms with Gasteiger partial charge in [-0.2, -0.15) is 0 Å². The van der Waals surface area contributed by atoms with E-state index >= 15 is 0 Å². The Balaban J connectivity index is 2.35. The third-order valence-electron chi connectivity index (χ3n) is 3.07. The number of ether oxygens (including phenoxy) is 1. The Morgan fingerprint density at radius 3 is 3.06 bits per heavy atom. The molecule has 2 heterocycles. The van der Waals surface area contributed by atoms with Crippen molar-refractivity contribution in [3.63, 3.8) is 0 Å². The fourth-order valence-electron chi connectivity index (χ4n) is 2.31. The van der Waals surface area contributed by atoms with Gasteiger partial charge in [-0.15, -0.1) is 0 Å². The summed E-state index contributed by atoms with van der Waals surface area (Å²) < 4.78 is 5.55. The molecular formula is C13H14N2O. The Bertz CT molecular complexity index is 537. The van der Waals surface area contributed by atoms with Crippen LogP contribution in [0, 0.1) is 0 Å². The van der Waals surface area contributed by atoms with E-state index in [2.05, 4.69) is 11.4 Å². The average Bonchev–Trinajstić information content (AvgIpc) is 2.36. The average molecular weight is 214 g/mol. The fraction of sp³-hybridized carbons (Fsp3) is 0.308. The van der Waals surface area contributed by atoms with Gasteiger partial charge in [-0.1, -0.05) is 12.1 Å². The molecule has 82 valence electrons. The molecule has 1 N–H and O–H groups in total. The molecule has 0 saturated carbocycles. The second-order valence-electron chi connectivity index (χ2n) is 4.01. The molecule has 2 aromatic rings. The van der Waals surface area contributed by atoms with Gasteiger partial charge < -0.3 is 10.1 Å². The molecule has 0 atom stereocenters. The molecule has 3 rings (SSSR count). The topological polar surface area (TPSA) is 34.1 Å². The number of aromatic nitrogens is 1. The maximum Gasteiger partial charge on any atom is 0.134 e. The first-order valence-corrected chi connectivity index (χ1v) is 5.55. The minimum Gasteiger partial charge on any atom is -0.496 e. The molecule has 3 nitrogen and oxygen atoms in total. The Labute approximate surface area is 94.5 Å². The smallest absolute Gasteiger partial charge is 0.134 e. The van der Waals surface area contributed by atoms with Gasteiger partial charge in [-0.25, -0.2) is 0 Å². The lowest BCUT2D eigenvalue weighted by Gasteiger charge is -2.20. The van der Waals surface area contributed by atoms with Gasteiger partial charge in [0.25, 0.3) is 0 Å². The van der Waals surface area contributed by atoms with Gasteiger partial charge in [0.1, 0.15) is 5.75 Å². The first-order chi connectivity index (χ1) is 7.90. The van der Waals surface area contributed by atoms with Crippen molar-refractivity contribution < 1.29 is 4.74 Å². The lowest BCUT2D eigenvalue weighted by molar-refractivity contribution is 0.409.